The Morgan fingerprint density at radius 3 is 2.37 bits per heavy atom. The Labute approximate surface area is 221 Å². The molecule has 0 saturated carbocycles. The smallest absolute Gasteiger partial charge is 0.257 e. The molecule has 35 heavy (non-hydrogen) atoms. The van der Waals surface area contributed by atoms with Gasteiger partial charge < -0.3 is 10.6 Å². The fourth-order valence-corrected chi connectivity index (χ4v) is 5.47. The Balaban J connectivity index is 1.35. The number of carbonyl (C=O) groups excluding carboxylic acids is 2. The lowest BCUT2D eigenvalue weighted by atomic mass is 10.1. The van der Waals surface area contributed by atoms with Crippen molar-refractivity contribution in [2.24, 2.45) is 0 Å². The van der Waals surface area contributed by atoms with Crippen LogP contribution in [0.2, 0.25) is 10.0 Å². The summed E-state index contributed by atoms with van der Waals surface area (Å²) in [6.07, 6.45) is 0. The number of aryl methyl sites for hydroxylation is 1. The molecule has 0 spiro atoms. The number of thioether (sulfide) groups is 1. The van der Waals surface area contributed by atoms with Crippen molar-refractivity contribution in [1.29, 1.82) is 0 Å². The lowest BCUT2D eigenvalue weighted by Crippen LogP contribution is -2.22. The normalized spacial score (nSPS) is 11.7. The van der Waals surface area contributed by atoms with Crippen molar-refractivity contribution in [1.82, 2.24) is 4.98 Å². The van der Waals surface area contributed by atoms with Crippen LogP contribution in [-0.2, 0) is 4.79 Å². The van der Waals surface area contributed by atoms with E-state index in [2.05, 4.69) is 15.6 Å². The lowest BCUT2D eigenvalue weighted by Gasteiger charge is -2.11. The maximum absolute atomic E-state index is 12.8. The zero-order valence-corrected chi connectivity index (χ0v) is 22.0. The topological polar surface area (TPSA) is 71.1 Å². The maximum Gasteiger partial charge on any atom is 0.257 e. The molecule has 4 rings (SSSR count). The second-order valence-electron chi connectivity index (χ2n) is 7.64. The van der Waals surface area contributed by atoms with Gasteiger partial charge in [-0.3, -0.25) is 9.59 Å². The molecule has 9 heteroatoms. The van der Waals surface area contributed by atoms with Crippen LogP contribution >= 0.6 is 46.3 Å². The zero-order valence-electron chi connectivity index (χ0n) is 18.8. The summed E-state index contributed by atoms with van der Waals surface area (Å²) in [5, 5.41) is 6.73. The first-order valence-corrected chi connectivity index (χ1v) is 13.1. The van der Waals surface area contributed by atoms with Crippen LogP contribution < -0.4 is 10.6 Å². The minimum Gasteiger partial charge on any atom is -0.322 e. The van der Waals surface area contributed by atoms with E-state index in [9.17, 15) is 9.59 Å². The number of nitrogens with zero attached hydrogens (tertiary/aromatic N) is 1. The molecule has 1 aromatic heterocycles. The third-order valence-corrected chi connectivity index (χ3v) is 7.59. The van der Waals surface area contributed by atoms with Gasteiger partial charge in [0.15, 0.2) is 5.13 Å². The van der Waals surface area contributed by atoms with Crippen molar-refractivity contribution in [3.8, 4) is 11.3 Å². The van der Waals surface area contributed by atoms with Gasteiger partial charge in [0, 0.05) is 26.0 Å². The molecular weight excluding hydrogens is 521 g/mol. The molecule has 1 heterocycles. The summed E-state index contributed by atoms with van der Waals surface area (Å²) >= 11 is 14.9. The molecule has 1 unspecified atom stereocenters. The highest BCUT2D eigenvalue weighted by molar-refractivity contribution is 8.00. The van der Waals surface area contributed by atoms with Crippen molar-refractivity contribution in [2.75, 3.05) is 10.6 Å². The molecular formula is C26H21Cl2N3O2S2. The number of benzene rings is 3. The molecule has 0 saturated heterocycles. The van der Waals surface area contributed by atoms with Crippen LogP contribution in [0.4, 0.5) is 10.8 Å². The van der Waals surface area contributed by atoms with E-state index < -0.39 is 0 Å². The molecule has 0 aliphatic rings. The first-order valence-electron chi connectivity index (χ1n) is 10.7. The van der Waals surface area contributed by atoms with Crippen molar-refractivity contribution < 1.29 is 9.59 Å². The van der Waals surface area contributed by atoms with Gasteiger partial charge in [0.2, 0.25) is 5.91 Å². The quantitative estimate of drug-likeness (QED) is 0.234. The Hall–Kier alpha value is -2.84. The van der Waals surface area contributed by atoms with Crippen LogP contribution in [0.1, 0.15) is 22.2 Å². The fraction of sp³-hybridized carbons (Fsp3) is 0.115. The van der Waals surface area contributed by atoms with Gasteiger partial charge in [-0.25, -0.2) is 4.98 Å². The highest BCUT2D eigenvalue weighted by Gasteiger charge is 2.18. The van der Waals surface area contributed by atoms with Crippen LogP contribution in [0.5, 0.6) is 0 Å². The number of hydrogen-bond donors (Lipinski definition) is 2. The molecule has 0 radical (unpaired) electrons. The molecule has 0 bridgehead atoms. The number of nitrogens with one attached hydrogen (secondary N) is 2. The number of anilines is 2. The minimum atomic E-state index is -0.340. The van der Waals surface area contributed by atoms with Gasteiger partial charge in [0.1, 0.15) is 0 Å². The van der Waals surface area contributed by atoms with Gasteiger partial charge in [0.05, 0.1) is 21.5 Å². The van der Waals surface area contributed by atoms with Gasteiger partial charge in [-0.1, -0.05) is 53.5 Å². The predicted octanol–water partition coefficient (Wildman–Crippen LogP) is 7.80. The van der Waals surface area contributed by atoms with E-state index in [4.69, 9.17) is 23.2 Å². The van der Waals surface area contributed by atoms with Crippen molar-refractivity contribution >= 4 is 68.9 Å². The van der Waals surface area contributed by atoms with E-state index >= 15 is 0 Å². The molecule has 5 nitrogen and oxygen atoms in total. The SMILES string of the molecule is Cc1sc(NC(=O)C(C)Sc2ccc(NC(=O)c3ccc(Cl)cc3Cl)cc2)nc1-c1ccccc1. The van der Waals surface area contributed by atoms with Gasteiger partial charge >= 0.3 is 0 Å². The summed E-state index contributed by atoms with van der Waals surface area (Å²) in [7, 11) is 0. The van der Waals surface area contributed by atoms with Gasteiger partial charge in [-0.2, -0.15) is 0 Å². The van der Waals surface area contributed by atoms with E-state index in [-0.39, 0.29) is 22.1 Å². The molecule has 3 aromatic carbocycles. The van der Waals surface area contributed by atoms with Gasteiger partial charge in [0.25, 0.3) is 5.91 Å². The van der Waals surface area contributed by atoms with E-state index in [0.29, 0.717) is 21.4 Å². The zero-order chi connectivity index (χ0) is 24.9. The van der Waals surface area contributed by atoms with Crippen LogP contribution in [0.15, 0.2) is 77.7 Å². The standard InChI is InChI=1S/C26H21Cl2N3O2S2/c1-15-23(17-6-4-3-5-7-17)30-26(35-15)31-24(32)16(2)34-20-11-9-19(10-12-20)29-25(33)21-13-8-18(27)14-22(21)28/h3-14,16H,1-2H3,(H,29,33)(H,30,31,32). The second kappa shape index (κ2) is 11.3. The number of amides is 2. The summed E-state index contributed by atoms with van der Waals surface area (Å²) < 4.78 is 0. The largest absolute Gasteiger partial charge is 0.322 e. The van der Waals surface area contributed by atoms with Crippen molar-refractivity contribution in [3.05, 3.63) is 93.3 Å². The third-order valence-electron chi connectivity index (χ3n) is 5.04. The third kappa shape index (κ3) is 6.44. The van der Waals surface area contributed by atoms with Crippen LogP contribution in [0.25, 0.3) is 11.3 Å². The van der Waals surface area contributed by atoms with Crippen molar-refractivity contribution in [3.63, 3.8) is 0 Å². The summed E-state index contributed by atoms with van der Waals surface area (Å²) in [5.41, 5.74) is 2.86. The van der Waals surface area contributed by atoms with E-state index in [1.54, 1.807) is 24.3 Å². The van der Waals surface area contributed by atoms with Gasteiger partial charge in [-0.15, -0.1) is 23.1 Å². The molecule has 0 aliphatic carbocycles. The Kier molecular flexibility index (Phi) is 8.13. The summed E-state index contributed by atoms with van der Waals surface area (Å²) in [6, 6.07) is 21.9. The Morgan fingerprint density at radius 1 is 0.971 bits per heavy atom. The maximum atomic E-state index is 12.8. The molecule has 178 valence electrons. The second-order valence-corrected chi connectivity index (χ2v) is 11.1. The summed E-state index contributed by atoms with van der Waals surface area (Å²) in [5.74, 6) is -0.452. The van der Waals surface area contributed by atoms with Gasteiger partial charge in [-0.05, 0) is 56.3 Å². The highest BCUT2D eigenvalue weighted by atomic mass is 35.5. The first kappa shape index (κ1) is 25.3. The average Bonchev–Trinajstić information content (AvgIpc) is 3.20. The lowest BCUT2D eigenvalue weighted by molar-refractivity contribution is -0.115. The highest BCUT2D eigenvalue weighted by Crippen LogP contribution is 2.31. The minimum absolute atomic E-state index is 0.127. The molecule has 0 aliphatic heterocycles. The van der Waals surface area contributed by atoms with Crippen molar-refractivity contribution in [2.45, 2.75) is 24.0 Å². The van der Waals surface area contributed by atoms with E-state index in [0.717, 1.165) is 21.0 Å². The number of rotatable bonds is 7. The average molecular weight is 543 g/mol. The molecule has 4 aromatic rings. The molecule has 0 fully saturated rings. The fourth-order valence-electron chi connectivity index (χ4n) is 3.27. The number of hydrogen-bond acceptors (Lipinski definition) is 5. The Morgan fingerprint density at radius 2 is 1.69 bits per heavy atom. The molecule has 1 atom stereocenters. The Bertz CT molecular complexity index is 1360. The summed E-state index contributed by atoms with van der Waals surface area (Å²) in [4.78, 5) is 31.8. The van der Waals surface area contributed by atoms with Crippen LogP contribution in [0, 0.1) is 6.92 Å². The first-order chi connectivity index (χ1) is 16.8. The van der Waals surface area contributed by atoms with Crippen LogP contribution in [0.3, 0.4) is 0 Å². The van der Waals surface area contributed by atoms with E-state index in [1.807, 2.05) is 56.3 Å². The van der Waals surface area contributed by atoms with Crippen LogP contribution in [-0.4, -0.2) is 22.0 Å². The predicted molar refractivity (Wildman–Crippen MR) is 147 cm³/mol. The number of halogens is 2. The summed E-state index contributed by atoms with van der Waals surface area (Å²) in [6.45, 7) is 3.84. The number of carbonyl (C=O) groups is 2. The molecule has 2 N–H and O–H groups in total. The molecule has 2 amide bonds. The van der Waals surface area contributed by atoms with E-state index in [1.165, 1.54) is 29.2 Å². The number of thiazole rings is 1. The monoisotopic (exact) mass is 541 g/mol. The number of aromatic nitrogens is 1.